The number of hydrogen-bond acceptors (Lipinski definition) is 3. The number of benzene rings is 2. The Bertz CT molecular complexity index is 670. The van der Waals surface area contributed by atoms with Crippen LogP contribution in [-0.2, 0) is 11.2 Å². The minimum atomic E-state index is -0.0207. The number of nitrogen functional groups attached to an aromatic ring is 1. The first-order valence-corrected chi connectivity index (χ1v) is 7.60. The number of anilines is 3. The lowest BCUT2D eigenvalue weighted by atomic mass is 10.1. The van der Waals surface area contributed by atoms with Crippen molar-refractivity contribution in [3.05, 3.63) is 52.5 Å². The Morgan fingerprint density at radius 2 is 2.00 bits per heavy atom. The number of nitrogens with zero attached hydrogens (tertiary/aromatic N) is 1. The third-order valence-electron chi connectivity index (χ3n) is 3.56. The molecule has 1 heterocycles. The summed E-state index contributed by atoms with van der Waals surface area (Å²) in [6.45, 7) is 1.19. The van der Waals surface area contributed by atoms with Gasteiger partial charge in [-0.3, -0.25) is 4.79 Å². The molecule has 21 heavy (non-hydrogen) atoms. The number of carbonyl (C=O) groups excluding carboxylic acids is 1. The van der Waals surface area contributed by atoms with Gasteiger partial charge in [0.05, 0.1) is 6.54 Å². The van der Waals surface area contributed by atoms with Gasteiger partial charge in [0.15, 0.2) is 0 Å². The number of rotatable bonds is 3. The Morgan fingerprint density at radius 3 is 2.76 bits per heavy atom. The van der Waals surface area contributed by atoms with Gasteiger partial charge < -0.3 is 16.0 Å². The third-order valence-corrected chi connectivity index (χ3v) is 4.09. The minimum Gasteiger partial charge on any atom is -0.399 e. The fraction of sp³-hybridized carbons (Fsp3) is 0.188. The van der Waals surface area contributed by atoms with Gasteiger partial charge in [0.2, 0.25) is 5.91 Å². The Hall–Kier alpha value is -2.01. The van der Waals surface area contributed by atoms with E-state index in [2.05, 4.69) is 26.1 Å². The molecule has 4 nitrogen and oxygen atoms in total. The molecule has 1 aliphatic heterocycles. The lowest BCUT2D eigenvalue weighted by Gasteiger charge is -2.19. The average molecular weight is 346 g/mol. The van der Waals surface area contributed by atoms with Crippen molar-refractivity contribution in [3.8, 4) is 0 Å². The zero-order valence-electron chi connectivity index (χ0n) is 11.5. The first-order chi connectivity index (χ1) is 10.1. The predicted molar refractivity (Wildman–Crippen MR) is 89.5 cm³/mol. The Morgan fingerprint density at radius 1 is 1.24 bits per heavy atom. The molecule has 2 aromatic rings. The van der Waals surface area contributed by atoms with Gasteiger partial charge >= 0.3 is 0 Å². The van der Waals surface area contributed by atoms with Crippen molar-refractivity contribution in [2.75, 3.05) is 29.0 Å². The average Bonchev–Trinajstić information content (AvgIpc) is 2.84. The highest BCUT2D eigenvalue weighted by atomic mass is 79.9. The first kappa shape index (κ1) is 13.9. The molecule has 5 heteroatoms. The molecule has 0 saturated carbocycles. The van der Waals surface area contributed by atoms with E-state index in [0.29, 0.717) is 6.54 Å². The Kier molecular flexibility index (Phi) is 3.84. The summed E-state index contributed by atoms with van der Waals surface area (Å²) in [4.78, 5) is 14.2. The van der Waals surface area contributed by atoms with Gasteiger partial charge in [-0.1, -0.05) is 22.0 Å². The fourth-order valence-corrected chi connectivity index (χ4v) is 2.80. The number of carbonyl (C=O) groups is 1. The maximum absolute atomic E-state index is 12.2. The van der Waals surface area contributed by atoms with Crippen molar-refractivity contribution >= 4 is 38.9 Å². The SMILES string of the molecule is Nc1ccc2c(c1)N(CC(=O)Nc1ccc(Br)cc1)CC2. The van der Waals surface area contributed by atoms with E-state index >= 15 is 0 Å². The topological polar surface area (TPSA) is 58.4 Å². The molecule has 0 saturated heterocycles. The quantitative estimate of drug-likeness (QED) is 0.840. The Balaban J connectivity index is 1.67. The van der Waals surface area contributed by atoms with Crippen LogP contribution in [0.25, 0.3) is 0 Å². The molecule has 0 atom stereocenters. The number of hydrogen-bond donors (Lipinski definition) is 2. The normalized spacial score (nSPS) is 13.1. The van der Waals surface area contributed by atoms with Crippen molar-refractivity contribution in [3.63, 3.8) is 0 Å². The highest BCUT2D eigenvalue weighted by Crippen LogP contribution is 2.29. The molecular weight excluding hydrogens is 330 g/mol. The highest BCUT2D eigenvalue weighted by molar-refractivity contribution is 9.10. The van der Waals surface area contributed by atoms with Gasteiger partial charge in [-0.2, -0.15) is 0 Å². The second-order valence-electron chi connectivity index (χ2n) is 5.11. The maximum atomic E-state index is 12.2. The lowest BCUT2D eigenvalue weighted by Crippen LogP contribution is -2.31. The van der Waals surface area contributed by atoms with E-state index in [1.807, 2.05) is 42.5 Å². The van der Waals surface area contributed by atoms with Crippen LogP contribution in [0.5, 0.6) is 0 Å². The molecule has 108 valence electrons. The lowest BCUT2D eigenvalue weighted by molar-refractivity contribution is -0.115. The summed E-state index contributed by atoms with van der Waals surface area (Å²) in [6, 6.07) is 13.4. The van der Waals surface area contributed by atoms with Gasteiger partial charge in [-0.25, -0.2) is 0 Å². The van der Waals surface area contributed by atoms with Crippen molar-refractivity contribution in [2.24, 2.45) is 0 Å². The maximum Gasteiger partial charge on any atom is 0.243 e. The molecule has 0 aliphatic carbocycles. The molecule has 0 fully saturated rings. The monoisotopic (exact) mass is 345 g/mol. The molecule has 0 radical (unpaired) electrons. The smallest absolute Gasteiger partial charge is 0.243 e. The minimum absolute atomic E-state index is 0.0207. The fourth-order valence-electron chi connectivity index (χ4n) is 2.53. The molecule has 0 bridgehead atoms. The van der Waals surface area contributed by atoms with Crippen LogP contribution in [0.15, 0.2) is 46.9 Å². The van der Waals surface area contributed by atoms with Gasteiger partial charge in [-0.15, -0.1) is 0 Å². The van der Waals surface area contributed by atoms with Crippen LogP contribution >= 0.6 is 15.9 Å². The molecule has 0 spiro atoms. The molecule has 3 N–H and O–H groups in total. The molecule has 3 rings (SSSR count). The summed E-state index contributed by atoms with van der Waals surface area (Å²) in [6.07, 6.45) is 0.960. The molecular formula is C16H16BrN3O. The van der Waals surface area contributed by atoms with Crippen molar-refractivity contribution in [1.82, 2.24) is 0 Å². The zero-order chi connectivity index (χ0) is 14.8. The van der Waals surface area contributed by atoms with Crippen LogP contribution in [0.1, 0.15) is 5.56 Å². The van der Waals surface area contributed by atoms with E-state index in [1.54, 1.807) is 0 Å². The van der Waals surface area contributed by atoms with Crippen LogP contribution in [-0.4, -0.2) is 19.0 Å². The standard InChI is InChI=1S/C16H16BrN3O/c17-12-2-5-14(6-3-12)19-16(21)10-20-8-7-11-1-4-13(18)9-15(11)20/h1-6,9H,7-8,10,18H2,(H,19,21). The van der Waals surface area contributed by atoms with E-state index < -0.39 is 0 Å². The van der Waals surface area contributed by atoms with E-state index in [1.165, 1.54) is 5.56 Å². The summed E-state index contributed by atoms with van der Waals surface area (Å²) in [5.41, 5.74) is 9.68. The van der Waals surface area contributed by atoms with Gasteiger partial charge in [0, 0.05) is 28.1 Å². The van der Waals surface area contributed by atoms with Crippen LogP contribution in [0.2, 0.25) is 0 Å². The van der Waals surface area contributed by atoms with E-state index in [9.17, 15) is 4.79 Å². The van der Waals surface area contributed by atoms with Crippen LogP contribution in [0, 0.1) is 0 Å². The summed E-state index contributed by atoms with van der Waals surface area (Å²) in [5.74, 6) is -0.0207. The van der Waals surface area contributed by atoms with Crippen LogP contribution in [0.3, 0.4) is 0 Å². The summed E-state index contributed by atoms with van der Waals surface area (Å²) in [5, 5.41) is 2.91. The van der Waals surface area contributed by atoms with E-state index in [4.69, 9.17) is 5.73 Å². The second-order valence-corrected chi connectivity index (χ2v) is 6.03. The van der Waals surface area contributed by atoms with Crippen molar-refractivity contribution in [1.29, 1.82) is 0 Å². The van der Waals surface area contributed by atoms with Crippen molar-refractivity contribution < 1.29 is 4.79 Å². The molecule has 2 aromatic carbocycles. The molecule has 1 aliphatic rings. The van der Waals surface area contributed by atoms with Gasteiger partial charge in [0.1, 0.15) is 0 Å². The van der Waals surface area contributed by atoms with E-state index in [-0.39, 0.29) is 5.91 Å². The summed E-state index contributed by atoms with van der Waals surface area (Å²) in [7, 11) is 0. The van der Waals surface area contributed by atoms with Crippen molar-refractivity contribution in [2.45, 2.75) is 6.42 Å². The van der Waals surface area contributed by atoms with Crippen LogP contribution < -0.4 is 16.0 Å². The largest absolute Gasteiger partial charge is 0.399 e. The second kappa shape index (κ2) is 5.77. The predicted octanol–water partition coefficient (Wildman–Crippen LogP) is 3.03. The van der Waals surface area contributed by atoms with Gasteiger partial charge in [-0.05, 0) is 48.4 Å². The van der Waals surface area contributed by atoms with E-state index in [0.717, 1.165) is 34.5 Å². The molecule has 0 unspecified atom stereocenters. The number of nitrogens with one attached hydrogen (secondary N) is 1. The number of amides is 1. The zero-order valence-corrected chi connectivity index (χ0v) is 13.1. The summed E-state index contributed by atoms with van der Waals surface area (Å²) >= 11 is 3.37. The first-order valence-electron chi connectivity index (χ1n) is 6.80. The van der Waals surface area contributed by atoms with Gasteiger partial charge in [0.25, 0.3) is 0 Å². The van der Waals surface area contributed by atoms with Crippen LogP contribution in [0.4, 0.5) is 17.1 Å². The number of nitrogens with two attached hydrogens (primary N) is 1. The molecule has 1 amide bonds. The molecule has 0 aromatic heterocycles. The summed E-state index contributed by atoms with van der Waals surface area (Å²) < 4.78 is 0.990. The highest BCUT2D eigenvalue weighted by Gasteiger charge is 2.21. The number of halogens is 1. The Labute approximate surface area is 132 Å². The third kappa shape index (κ3) is 3.19. The number of fused-ring (bicyclic) bond motifs is 1.